The van der Waals surface area contributed by atoms with Crippen LogP contribution in [-0.4, -0.2) is 26.1 Å². The molecule has 0 N–H and O–H groups in total. The van der Waals surface area contributed by atoms with Gasteiger partial charge in [-0.25, -0.2) is 9.97 Å². The van der Waals surface area contributed by atoms with E-state index in [1.54, 1.807) is 15.7 Å². The second kappa shape index (κ2) is 7.64. The van der Waals surface area contributed by atoms with Crippen LogP contribution in [0.15, 0.2) is 44.8 Å². The summed E-state index contributed by atoms with van der Waals surface area (Å²) in [4.78, 5) is 35.4. The smallest absolute Gasteiger partial charge is 0.316 e. The van der Waals surface area contributed by atoms with Crippen LogP contribution >= 0.6 is 23.1 Å². The van der Waals surface area contributed by atoms with Gasteiger partial charge in [0, 0.05) is 16.6 Å². The molecule has 1 aliphatic rings. The van der Waals surface area contributed by atoms with Crippen LogP contribution in [0.4, 0.5) is 0 Å². The van der Waals surface area contributed by atoms with Crippen molar-refractivity contribution in [2.24, 2.45) is 0 Å². The Hall–Kier alpha value is -2.65. The maximum atomic E-state index is 12.5. The van der Waals surface area contributed by atoms with Crippen molar-refractivity contribution >= 4 is 45.1 Å². The molecule has 0 unspecified atom stereocenters. The SMILES string of the molecule is O=C(CSc1nc2ccccc2o1)OCc1cc(=O)n2c3c(sc2n1)CCCC3. The third-order valence-electron chi connectivity index (χ3n) is 4.78. The summed E-state index contributed by atoms with van der Waals surface area (Å²) < 4.78 is 12.6. The van der Waals surface area contributed by atoms with Gasteiger partial charge in [0.15, 0.2) is 10.5 Å². The van der Waals surface area contributed by atoms with Gasteiger partial charge in [0.25, 0.3) is 10.8 Å². The molecule has 1 aliphatic carbocycles. The standard InChI is InChI=1S/C20H17N3O4S2/c24-17-9-12(21-19-23(17)14-6-2-4-8-16(14)29-19)10-26-18(25)11-28-20-22-13-5-1-3-7-15(13)27-20/h1,3,5,7,9H,2,4,6,8,10-11H2. The molecule has 0 saturated heterocycles. The molecule has 4 aromatic rings. The summed E-state index contributed by atoms with van der Waals surface area (Å²) in [5.74, 6) is -0.342. The highest BCUT2D eigenvalue weighted by Gasteiger charge is 2.19. The van der Waals surface area contributed by atoms with Crippen LogP contribution in [0.1, 0.15) is 29.1 Å². The first-order valence-electron chi connectivity index (χ1n) is 9.34. The fraction of sp³-hybridized carbons (Fsp3) is 0.300. The minimum absolute atomic E-state index is 0.0265. The molecular weight excluding hydrogens is 410 g/mol. The van der Waals surface area contributed by atoms with Gasteiger partial charge in [0.05, 0.1) is 5.69 Å². The third-order valence-corrected chi connectivity index (χ3v) is 6.73. The Bertz CT molecular complexity index is 1240. The van der Waals surface area contributed by atoms with Crippen LogP contribution < -0.4 is 5.56 Å². The van der Waals surface area contributed by atoms with E-state index in [0.717, 1.165) is 36.9 Å². The molecule has 0 atom stereocenters. The molecular formula is C20H17N3O4S2. The van der Waals surface area contributed by atoms with E-state index in [9.17, 15) is 9.59 Å². The Morgan fingerprint density at radius 1 is 1.24 bits per heavy atom. The number of rotatable bonds is 5. The molecule has 7 nitrogen and oxygen atoms in total. The summed E-state index contributed by atoms with van der Waals surface area (Å²) in [6.45, 7) is -0.0265. The number of thioether (sulfide) groups is 1. The van der Waals surface area contributed by atoms with Crippen LogP contribution in [0.2, 0.25) is 0 Å². The van der Waals surface area contributed by atoms with E-state index in [1.165, 1.54) is 22.7 Å². The molecule has 29 heavy (non-hydrogen) atoms. The lowest BCUT2D eigenvalue weighted by Gasteiger charge is -2.10. The summed E-state index contributed by atoms with van der Waals surface area (Å²) in [6.07, 6.45) is 4.16. The Morgan fingerprint density at radius 3 is 3.00 bits per heavy atom. The summed E-state index contributed by atoms with van der Waals surface area (Å²) in [5, 5.41) is 0.421. The van der Waals surface area contributed by atoms with Gasteiger partial charge in [0.2, 0.25) is 0 Å². The van der Waals surface area contributed by atoms with E-state index in [-0.39, 0.29) is 17.9 Å². The zero-order valence-corrected chi connectivity index (χ0v) is 17.1. The Morgan fingerprint density at radius 2 is 2.10 bits per heavy atom. The number of nitrogens with zero attached hydrogens (tertiary/aromatic N) is 3. The minimum Gasteiger partial charge on any atom is -0.459 e. The molecule has 3 heterocycles. The molecule has 148 valence electrons. The van der Waals surface area contributed by atoms with Crippen molar-refractivity contribution in [1.82, 2.24) is 14.4 Å². The minimum atomic E-state index is -0.412. The van der Waals surface area contributed by atoms with E-state index in [1.807, 2.05) is 24.3 Å². The predicted molar refractivity (Wildman–Crippen MR) is 111 cm³/mol. The number of aryl methyl sites for hydroxylation is 2. The summed E-state index contributed by atoms with van der Waals surface area (Å²) >= 11 is 2.74. The Balaban J connectivity index is 1.24. The lowest BCUT2D eigenvalue weighted by Crippen LogP contribution is -2.18. The van der Waals surface area contributed by atoms with Crippen molar-refractivity contribution in [2.75, 3.05) is 5.75 Å². The molecule has 0 bridgehead atoms. The molecule has 0 aliphatic heterocycles. The summed E-state index contributed by atoms with van der Waals surface area (Å²) in [5.41, 5.74) is 2.88. The van der Waals surface area contributed by atoms with Crippen LogP contribution in [0.3, 0.4) is 0 Å². The van der Waals surface area contributed by atoms with Gasteiger partial charge >= 0.3 is 5.97 Å². The maximum Gasteiger partial charge on any atom is 0.316 e. The number of carbonyl (C=O) groups is 1. The first kappa shape index (κ1) is 18.4. The monoisotopic (exact) mass is 427 g/mol. The number of aromatic nitrogens is 3. The van der Waals surface area contributed by atoms with E-state index < -0.39 is 5.97 Å². The number of para-hydroxylation sites is 2. The van der Waals surface area contributed by atoms with E-state index in [2.05, 4.69) is 9.97 Å². The number of benzene rings is 1. The van der Waals surface area contributed by atoms with E-state index in [0.29, 0.717) is 21.5 Å². The second-order valence-electron chi connectivity index (χ2n) is 6.78. The number of hydrogen-bond acceptors (Lipinski definition) is 8. The van der Waals surface area contributed by atoms with Gasteiger partial charge in [-0.05, 0) is 37.8 Å². The molecule has 3 aromatic heterocycles. The highest BCUT2D eigenvalue weighted by molar-refractivity contribution is 7.99. The van der Waals surface area contributed by atoms with Crippen LogP contribution in [0.5, 0.6) is 0 Å². The third kappa shape index (κ3) is 3.67. The van der Waals surface area contributed by atoms with Crippen molar-refractivity contribution in [3.8, 4) is 0 Å². The highest BCUT2D eigenvalue weighted by Crippen LogP contribution is 2.28. The van der Waals surface area contributed by atoms with Gasteiger partial charge < -0.3 is 9.15 Å². The van der Waals surface area contributed by atoms with Crippen molar-refractivity contribution in [1.29, 1.82) is 0 Å². The molecule has 0 fully saturated rings. The molecule has 0 saturated carbocycles. The lowest BCUT2D eigenvalue weighted by molar-refractivity contribution is -0.141. The number of oxazole rings is 1. The first-order chi connectivity index (χ1) is 14.2. The van der Waals surface area contributed by atoms with Crippen LogP contribution in [-0.2, 0) is 29.0 Å². The lowest BCUT2D eigenvalue weighted by atomic mass is 10.0. The molecule has 0 radical (unpaired) electrons. The van der Waals surface area contributed by atoms with Crippen molar-refractivity contribution in [3.63, 3.8) is 0 Å². The maximum absolute atomic E-state index is 12.5. The molecule has 0 spiro atoms. The fourth-order valence-electron chi connectivity index (χ4n) is 3.45. The largest absolute Gasteiger partial charge is 0.459 e. The van der Waals surface area contributed by atoms with E-state index in [4.69, 9.17) is 9.15 Å². The number of hydrogen-bond donors (Lipinski definition) is 0. The summed E-state index contributed by atoms with van der Waals surface area (Å²) in [6, 6.07) is 8.88. The Kier molecular flexibility index (Phi) is 4.84. The zero-order valence-electron chi connectivity index (χ0n) is 15.4. The van der Waals surface area contributed by atoms with E-state index >= 15 is 0 Å². The molecule has 0 amide bonds. The molecule has 5 rings (SSSR count). The van der Waals surface area contributed by atoms with Gasteiger partial charge in [-0.2, -0.15) is 0 Å². The molecule has 9 heteroatoms. The van der Waals surface area contributed by atoms with Crippen LogP contribution in [0.25, 0.3) is 16.1 Å². The number of ether oxygens (including phenoxy) is 1. The quantitative estimate of drug-likeness (QED) is 0.355. The summed E-state index contributed by atoms with van der Waals surface area (Å²) in [7, 11) is 0. The topological polar surface area (TPSA) is 86.7 Å². The first-order valence-corrected chi connectivity index (χ1v) is 11.1. The second-order valence-corrected chi connectivity index (χ2v) is 8.77. The fourth-order valence-corrected chi connectivity index (χ4v) is 5.31. The van der Waals surface area contributed by atoms with Gasteiger partial charge in [0.1, 0.15) is 17.9 Å². The molecule has 1 aromatic carbocycles. The van der Waals surface area contributed by atoms with Crippen molar-refractivity contribution in [3.05, 3.63) is 57.0 Å². The average Bonchev–Trinajstić information content (AvgIpc) is 3.31. The van der Waals surface area contributed by atoms with Crippen molar-refractivity contribution in [2.45, 2.75) is 37.5 Å². The Labute approximate surface area is 173 Å². The van der Waals surface area contributed by atoms with Gasteiger partial charge in [-0.1, -0.05) is 23.9 Å². The number of fused-ring (bicyclic) bond motifs is 4. The van der Waals surface area contributed by atoms with Gasteiger partial charge in [-0.3, -0.25) is 14.0 Å². The number of carbonyl (C=O) groups excluding carboxylic acids is 1. The zero-order chi connectivity index (χ0) is 19.8. The highest BCUT2D eigenvalue weighted by atomic mass is 32.2. The van der Waals surface area contributed by atoms with Crippen LogP contribution in [0, 0.1) is 0 Å². The number of thiazole rings is 1. The normalized spacial score (nSPS) is 13.7. The predicted octanol–water partition coefficient (Wildman–Crippen LogP) is 3.61. The van der Waals surface area contributed by atoms with Crippen molar-refractivity contribution < 1.29 is 13.9 Å². The van der Waals surface area contributed by atoms with Gasteiger partial charge in [-0.15, -0.1) is 11.3 Å². The average molecular weight is 428 g/mol. The number of esters is 1.